The summed E-state index contributed by atoms with van der Waals surface area (Å²) in [7, 11) is 0. The molecule has 2 unspecified atom stereocenters. The molecular formula is C19H28N2. The van der Waals surface area contributed by atoms with Crippen molar-refractivity contribution in [2.24, 2.45) is 11.8 Å². The molecular weight excluding hydrogens is 256 g/mol. The van der Waals surface area contributed by atoms with Crippen LogP contribution in [-0.4, -0.2) is 24.5 Å². The quantitative estimate of drug-likeness (QED) is 0.896. The smallest absolute Gasteiger partial charge is 0.0236 e. The lowest BCUT2D eigenvalue weighted by Crippen LogP contribution is -2.41. The van der Waals surface area contributed by atoms with Gasteiger partial charge < -0.3 is 5.32 Å². The summed E-state index contributed by atoms with van der Waals surface area (Å²) in [6, 6.07) is 6.93. The molecule has 1 aliphatic carbocycles. The molecule has 3 aliphatic rings. The van der Waals surface area contributed by atoms with Crippen LogP contribution in [0.5, 0.6) is 0 Å². The molecule has 1 aromatic rings. The summed E-state index contributed by atoms with van der Waals surface area (Å²) < 4.78 is 0. The van der Waals surface area contributed by atoms with Crippen molar-refractivity contribution < 1.29 is 0 Å². The van der Waals surface area contributed by atoms with E-state index in [4.69, 9.17) is 0 Å². The van der Waals surface area contributed by atoms with E-state index in [2.05, 4.69) is 28.4 Å². The van der Waals surface area contributed by atoms with Gasteiger partial charge in [0.25, 0.3) is 0 Å². The second-order valence-electron chi connectivity index (χ2n) is 7.31. The Labute approximate surface area is 128 Å². The van der Waals surface area contributed by atoms with Gasteiger partial charge >= 0.3 is 0 Å². The molecule has 2 heteroatoms. The van der Waals surface area contributed by atoms with Gasteiger partial charge in [0.15, 0.2) is 0 Å². The topological polar surface area (TPSA) is 15.3 Å². The Bertz CT molecular complexity index is 496. The molecule has 0 spiro atoms. The van der Waals surface area contributed by atoms with E-state index in [9.17, 15) is 0 Å². The van der Waals surface area contributed by atoms with Crippen LogP contribution in [0.2, 0.25) is 0 Å². The van der Waals surface area contributed by atoms with Gasteiger partial charge in [-0.3, -0.25) is 4.90 Å². The number of nitrogens with one attached hydrogen (secondary N) is 1. The highest BCUT2D eigenvalue weighted by atomic mass is 15.1. The number of hydrogen-bond acceptors (Lipinski definition) is 2. The molecule has 4 rings (SSSR count). The number of rotatable bonds is 2. The Morgan fingerprint density at radius 2 is 2.00 bits per heavy atom. The van der Waals surface area contributed by atoms with E-state index in [1.807, 2.05) is 0 Å². The zero-order valence-corrected chi connectivity index (χ0v) is 13.1. The van der Waals surface area contributed by atoms with Gasteiger partial charge in [0.1, 0.15) is 0 Å². The molecule has 2 aliphatic heterocycles. The van der Waals surface area contributed by atoms with Gasteiger partial charge in [0, 0.05) is 19.6 Å². The van der Waals surface area contributed by atoms with Crippen LogP contribution in [0.3, 0.4) is 0 Å². The first kappa shape index (κ1) is 13.8. The van der Waals surface area contributed by atoms with E-state index in [1.54, 1.807) is 11.1 Å². The van der Waals surface area contributed by atoms with E-state index in [1.165, 1.54) is 63.7 Å². The van der Waals surface area contributed by atoms with Crippen molar-refractivity contribution in [3.05, 3.63) is 34.9 Å². The van der Waals surface area contributed by atoms with Crippen molar-refractivity contribution in [1.82, 2.24) is 10.2 Å². The van der Waals surface area contributed by atoms with Gasteiger partial charge in [-0.15, -0.1) is 0 Å². The number of nitrogens with zero attached hydrogens (tertiary/aromatic N) is 1. The summed E-state index contributed by atoms with van der Waals surface area (Å²) in [5.41, 5.74) is 4.77. The van der Waals surface area contributed by atoms with Crippen molar-refractivity contribution in [2.45, 2.75) is 51.6 Å². The zero-order valence-electron chi connectivity index (χ0n) is 13.1. The third-order valence-electron chi connectivity index (χ3n) is 6.01. The molecule has 114 valence electrons. The monoisotopic (exact) mass is 284 g/mol. The highest BCUT2D eigenvalue weighted by Gasteiger charge is 2.31. The molecule has 2 fully saturated rings. The molecule has 2 heterocycles. The standard InChI is InChI=1S/C19H28N2/c1-2-5-17-13-21(11-9-15(17)4-1)14-18-7-3-6-16-12-20-10-8-19(16)18/h3,6-7,15,17,20H,1-2,4-5,8-14H2. The summed E-state index contributed by atoms with van der Waals surface area (Å²) in [5.74, 6) is 2.04. The predicted molar refractivity (Wildman–Crippen MR) is 87.2 cm³/mol. The first-order valence-electron chi connectivity index (χ1n) is 8.93. The molecule has 1 saturated heterocycles. The third-order valence-corrected chi connectivity index (χ3v) is 6.01. The molecule has 1 aromatic carbocycles. The Morgan fingerprint density at radius 1 is 1.10 bits per heavy atom. The third kappa shape index (κ3) is 2.89. The van der Waals surface area contributed by atoms with Gasteiger partial charge in [-0.2, -0.15) is 0 Å². The Balaban J connectivity index is 1.46. The molecule has 2 nitrogen and oxygen atoms in total. The largest absolute Gasteiger partial charge is 0.312 e. The number of piperidine rings is 1. The second kappa shape index (κ2) is 6.10. The molecule has 0 bridgehead atoms. The molecule has 1 saturated carbocycles. The Kier molecular flexibility index (Phi) is 4.00. The number of fused-ring (bicyclic) bond motifs is 2. The lowest BCUT2D eigenvalue weighted by molar-refractivity contribution is 0.0818. The van der Waals surface area contributed by atoms with Crippen LogP contribution in [-0.2, 0) is 19.5 Å². The summed E-state index contributed by atoms with van der Waals surface area (Å²) in [6.45, 7) is 6.07. The van der Waals surface area contributed by atoms with E-state index in [-0.39, 0.29) is 0 Å². The molecule has 1 N–H and O–H groups in total. The minimum Gasteiger partial charge on any atom is -0.312 e. The number of benzene rings is 1. The van der Waals surface area contributed by atoms with Crippen molar-refractivity contribution in [3.63, 3.8) is 0 Å². The van der Waals surface area contributed by atoms with Crippen LogP contribution in [0.15, 0.2) is 18.2 Å². The van der Waals surface area contributed by atoms with Crippen LogP contribution in [0, 0.1) is 11.8 Å². The highest BCUT2D eigenvalue weighted by Crippen LogP contribution is 2.36. The minimum absolute atomic E-state index is 0.994. The summed E-state index contributed by atoms with van der Waals surface area (Å²) in [5, 5.41) is 3.50. The predicted octanol–water partition coefficient (Wildman–Crippen LogP) is 3.34. The second-order valence-corrected chi connectivity index (χ2v) is 7.31. The fourth-order valence-electron chi connectivity index (χ4n) is 4.82. The van der Waals surface area contributed by atoms with E-state index in [0.717, 1.165) is 24.9 Å². The molecule has 0 amide bonds. The van der Waals surface area contributed by atoms with Crippen molar-refractivity contribution in [1.29, 1.82) is 0 Å². The van der Waals surface area contributed by atoms with E-state index in [0.29, 0.717) is 0 Å². The lowest BCUT2D eigenvalue weighted by atomic mass is 9.75. The average Bonchev–Trinajstić information content (AvgIpc) is 2.55. The molecule has 2 atom stereocenters. The van der Waals surface area contributed by atoms with Crippen molar-refractivity contribution in [2.75, 3.05) is 19.6 Å². The van der Waals surface area contributed by atoms with Crippen LogP contribution in [0.1, 0.15) is 48.8 Å². The highest BCUT2D eigenvalue weighted by molar-refractivity contribution is 5.37. The summed E-state index contributed by atoms with van der Waals surface area (Å²) in [6.07, 6.45) is 8.61. The first-order chi connectivity index (χ1) is 10.4. The number of hydrogen-bond donors (Lipinski definition) is 1. The fraction of sp³-hybridized carbons (Fsp3) is 0.684. The zero-order chi connectivity index (χ0) is 14.1. The van der Waals surface area contributed by atoms with Crippen LogP contribution < -0.4 is 5.32 Å². The first-order valence-corrected chi connectivity index (χ1v) is 8.93. The van der Waals surface area contributed by atoms with Gasteiger partial charge in [0.05, 0.1) is 0 Å². The molecule has 0 aromatic heterocycles. The van der Waals surface area contributed by atoms with Crippen molar-refractivity contribution >= 4 is 0 Å². The number of likely N-dealkylation sites (tertiary alicyclic amines) is 1. The summed E-state index contributed by atoms with van der Waals surface area (Å²) >= 11 is 0. The average molecular weight is 284 g/mol. The van der Waals surface area contributed by atoms with E-state index < -0.39 is 0 Å². The van der Waals surface area contributed by atoms with Crippen molar-refractivity contribution in [3.8, 4) is 0 Å². The van der Waals surface area contributed by atoms with Gasteiger partial charge in [0.2, 0.25) is 0 Å². The Hall–Kier alpha value is -0.860. The van der Waals surface area contributed by atoms with Gasteiger partial charge in [-0.25, -0.2) is 0 Å². The maximum atomic E-state index is 3.50. The van der Waals surface area contributed by atoms with E-state index >= 15 is 0 Å². The van der Waals surface area contributed by atoms with Crippen LogP contribution in [0.4, 0.5) is 0 Å². The molecule has 21 heavy (non-hydrogen) atoms. The van der Waals surface area contributed by atoms with Gasteiger partial charge in [-0.1, -0.05) is 37.5 Å². The normalized spacial score (nSPS) is 29.7. The lowest BCUT2D eigenvalue weighted by Gasteiger charge is -2.41. The fourth-order valence-corrected chi connectivity index (χ4v) is 4.82. The van der Waals surface area contributed by atoms with Crippen LogP contribution >= 0.6 is 0 Å². The molecule has 0 radical (unpaired) electrons. The SMILES string of the molecule is c1cc2c(c(CN3CCC4CCCCC4C3)c1)CCNC2. The Morgan fingerprint density at radius 3 is 2.95 bits per heavy atom. The minimum atomic E-state index is 0.994. The maximum Gasteiger partial charge on any atom is 0.0236 e. The van der Waals surface area contributed by atoms with Crippen LogP contribution in [0.25, 0.3) is 0 Å². The summed E-state index contributed by atoms with van der Waals surface area (Å²) in [4.78, 5) is 2.74. The van der Waals surface area contributed by atoms with Gasteiger partial charge in [-0.05, 0) is 60.9 Å². The maximum absolute atomic E-state index is 3.50.